The van der Waals surface area contributed by atoms with Crippen molar-refractivity contribution in [3.8, 4) is 0 Å². The smallest absolute Gasteiger partial charge is 0.0151 e. The Hall–Kier alpha value is -1.51. The van der Waals surface area contributed by atoms with E-state index in [0.717, 1.165) is 25.1 Å². The zero-order chi connectivity index (χ0) is 14.5. The van der Waals surface area contributed by atoms with Crippen molar-refractivity contribution in [2.45, 2.75) is 17.7 Å². The normalized spacial score (nSPS) is 16.0. The molecule has 0 amide bonds. The molecule has 0 saturated carbocycles. The van der Waals surface area contributed by atoms with Crippen LogP contribution in [0.1, 0.15) is 23.1 Å². The molecule has 1 aliphatic heterocycles. The molecule has 0 atom stereocenters. The van der Waals surface area contributed by atoms with E-state index < -0.39 is 0 Å². The van der Waals surface area contributed by atoms with Gasteiger partial charge in [-0.25, -0.2) is 0 Å². The van der Waals surface area contributed by atoms with Crippen molar-refractivity contribution in [1.82, 2.24) is 5.32 Å². The Bertz CT molecular complexity index is 596. The second-order valence-electron chi connectivity index (χ2n) is 5.26. The predicted molar refractivity (Wildman–Crippen MR) is 92.9 cm³/mol. The van der Waals surface area contributed by atoms with Gasteiger partial charge in [0.2, 0.25) is 0 Å². The summed E-state index contributed by atoms with van der Waals surface area (Å²) in [5.74, 6) is 1.15. The minimum absolute atomic E-state index is 1.01. The molecule has 1 nitrogen and oxygen atoms in total. The number of thioether (sulfide) groups is 1. The Morgan fingerprint density at radius 1 is 1.05 bits per heavy atom. The molecule has 0 aromatic heterocycles. The first-order valence-corrected chi connectivity index (χ1v) is 8.54. The average Bonchev–Trinajstić information content (AvgIpc) is 2.51. The van der Waals surface area contributed by atoms with Crippen LogP contribution < -0.4 is 5.32 Å². The zero-order valence-electron chi connectivity index (χ0n) is 12.4. The number of fused-ring (bicyclic) bond motifs is 2. The third-order valence-electron chi connectivity index (χ3n) is 3.86. The van der Waals surface area contributed by atoms with Crippen molar-refractivity contribution in [3.63, 3.8) is 0 Å². The fraction of sp³-hybridized carbons (Fsp3) is 0.263. The molecule has 3 rings (SSSR count). The van der Waals surface area contributed by atoms with Gasteiger partial charge >= 0.3 is 0 Å². The van der Waals surface area contributed by atoms with Crippen LogP contribution in [0.2, 0.25) is 0 Å². The van der Waals surface area contributed by atoms with Crippen LogP contribution in [0.15, 0.2) is 59.5 Å². The Morgan fingerprint density at radius 2 is 1.81 bits per heavy atom. The standard InChI is InChI=1S/C19H21NS/c1-20-13-6-10-17-16-8-3-2-7-15(16)12-14-21-19-11-5-4-9-18(17)19/h2-5,7-11,20H,6,12-14H2,1H3. The molecule has 0 spiro atoms. The monoisotopic (exact) mass is 295 g/mol. The number of nitrogens with one attached hydrogen (secondary N) is 1. The molecular formula is C19H21NS. The largest absolute Gasteiger partial charge is 0.319 e. The first kappa shape index (κ1) is 14.4. The van der Waals surface area contributed by atoms with E-state index >= 15 is 0 Å². The van der Waals surface area contributed by atoms with Gasteiger partial charge in [0.1, 0.15) is 0 Å². The van der Waals surface area contributed by atoms with Crippen molar-refractivity contribution in [2.75, 3.05) is 19.3 Å². The van der Waals surface area contributed by atoms with E-state index in [1.165, 1.54) is 27.2 Å². The highest BCUT2D eigenvalue weighted by molar-refractivity contribution is 7.99. The summed E-state index contributed by atoms with van der Waals surface area (Å²) in [4.78, 5) is 1.41. The Kier molecular flexibility index (Phi) is 4.79. The first-order chi connectivity index (χ1) is 10.4. The third-order valence-corrected chi connectivity index (χ3v) is 4.93. The molecule has 2 heteroatoms. The molecule has 0 bridgehead atoms. The predicted octanol–water partition coefficient (Wildman–Crippen LogP) is 4.38. The number of aryl methyl sites for hydroxylation is 1. The summed E-state index contributed by atoms with van der Waals surface area (Å²) in [7, 11) is 2.01. The summed E-state index contributed by atoms with van der Waals surface area (Å²) in [5, 5.41) is 3.23. The SMILES string of the molecule is CNCCC=C1c2ccccc2CCSc2ccccc21. The van der Waals surface area contributed by atoms with Crippen LogP contribution in [0.4, 0.5) is 0 Å². The summed E-state index contributed by atoms with van der Waals surface area (Å²) in [6.45, 7) is 1.01. The minimum Gasteiger partial charge on any atom is -0.319 e. The molecule has 1 heterocycles. The van der Waals surface area contributed by atoms with Crippen LogP contribution >= 0.6 is 11.8 Å². The van der Waals surface area contributed by atoms with Crippen molar-refractivity contribution in [2.24, 2.45) is 0 Å². The topological polar surface area (TPSA) is 12.0 Å². The first-order valence-electron chi connectivity index (χ1n) is 7.55. The van der Waals surface area contributed by atoms with E-state index in [0.29, 0.717) is 0 Å². The molecule has 0 saturated heterocycles. The van der Waals surface area contributed by atoms with Crippen molar-refractivity contribution in [1.29, 1.82) is 0 Å². The van der Waals surface area contributed by atoms with Gasteiger partial charge in [-0.3, -0.25) is 0 Å². The van der Waals surface area contributed by atoms with Crippen molar-refractivity contribution < 1.29 is 0 Å². The molecule has 0 aliphatic carbocycles. The van der Waals surface area contributed by atoms with Crippen LogP contribution in [0, 0.1) is 0 Å². The summed E-state index contributed by atoms with van der Waals surface area (Å²) < 4.78 is 0. The maximum atomic E-state index is 3.23. The fourth-order valence-corrected chi connectivity index (χ4v) is 3.86. The third kappa shape index (κ3) is 3.22. The average molecular weight is 295 g/mol. The number of hydrogen-bond donors (Lipinski definition) is 1. The molecular weight excluding hydrogens is 274 g/mol. The number of benzene rings is 2. The van der Waals surface area contributed by atoms with E-state index in [2.05, 4.69) is 59.9 Å². The van der Waals surface area contributed by atoms with Gasteiger partial charge in [0.25, 0.3) is 0 Å². The molecule has 2 aromatic carbocycles. The van der Waals surface area contributed by atoms with E-state index in [-0.39, 0.29) is 0 Å². The molecule has 0 unspecified atom stereocenters. The summed E-state index contributed by atoms with van der Waals surface area (Å²) in [6, 6.07) is 17.7. The number of rotatable bonds is 3. The van der Waals surface area contributed by atoms with Gasteiger partial charge < -0.3 is 5.32 Å². The van der Waals surface area contributed by atoms with Gasteiger partial charge in [0, 0.05) is 10.6 Å². The summed E-state index contributed by atoms with van der Waals surface area (Å²) in [6.07, 6.45) is 4.58. The molecule has 21 heavy (non-hydrogen) atoms. The lowest BCUT2D eigenvalue weighted by Gasteiger charge is -2.20. The quantitative estimate of drug-likeness (QED) is 0.844. The van der Waals surface area contributed by atoms with E-state index in [4.69, 9.17) is 0 Å². The lowest BCUT2D eigenvalue weighted by Crippen LogP contribution is -2.07. The molecule has 0 fully saturated rings. The van der Waals surface area contributed by atoms with Gasteiger partial charge in [-0.2, -0.15) is 0 Å². The number of hydrogen-bond acceptors (Lipinski definition) is 2. The highest BCUT2D eigenvalue weighted by atomic mass is 32.2. The van der Waals surface area contributed by atoms with Crippen molar-refractivity contribution >= 4 is 17.3 Å². The lowest BCUT2D eigenvalue weighted by atomic mass is 9.92. The van der Waals surface area contributed by atoms with Gasteiger partial charge in [-0.1, -0.05) is 48.5 Å². The van der Waals surface area contributed by atoms with Gasteiger partial charge in [0.15, 0.2) is 0 Å². The maximum Gasteiger partial charge on any atom is 0.0151 e. The fourth-order valence-electron chi connectivity index (χ4n) is 2.81. The Balaban J connectivity index is 2.12. The van der Waals surface area contributed by atoms with Crippen LogP contribution in [0.25, 0.3) is 5.57 Å². The van der Waals surface area contributed by atoms with Gasteiger partial charge in [0.05, 0.1) is 0 Å². The molecule has 0 radical (unpaired) electrons. The second-order valence-corrected chi connectivity index (χ2v) is 6.40. The van der Waals surface area contributed by atoms with Crippen LogP contribution in [0.5, 0.6) is 0 Å². The molecule has 1 N–H and O–H groups in total. The van der Waals surface area contributed by atoms with E-state index in [1.807, 2.05) is 18.8 Å². The van der Waals surface area contributed by atoms with Crippen LogP contribution in [-0.4, -0.2) is 19.3 Å². The summed E-state index contributed by atoms with van der Waals surface area (Å²) in [5.41, 5.74) is 5.64. The lowest BCUT2D eigenvalue weighted by molar-refractivity contribution is 0.808. The van der Waals surface area contributed by atoms with E-state index in [9.17, 15) is 0 Å². The van der Waals surface area contributed by atoms with Crippen molar-refractivity contribution in [3.05, 3.63) is 71.3 Å². The van der Waals surface area contributed by atoms with Crippen LogP contribution in [0.3, 0.4) is 0 Å². The molecule has 108 valence electrons. The van der Waals surface area contributed by atoms with Gasteiger partial charge in [-0.05, 0) is 54.8 Å². The highest BCUT2D eigenvalue weighted by Gasteiger charge is 2.16. The molecule has 1 aliphatic rings. The maximum absolute atomic E-state index is 3.23. The van der Waals surface area contributed by atoms with E-state index in [1.54, 1.807) is 0 Å². The summed E-state index contributed by atoms with van der Waals surface area (Å²) >= 11 is 1.97. The highest BCUT2D eigenvalue weighted by Crippen LogP contribution is 2.36. The zero-order valence-corrected chi connectivity index (χ0v) is 13.2. The van der Waals surface area contributed by atoms with Crippen LogP contribution in [-0.2, 0) is 6.42 Å². The Morgan fingerprint density at radius 3 is 2.67 bits per heavy atom. The minimum atomic E-state index is 1.01. The Labute approximate surface area is 131 Å². The second kappa shape index (κ2) is 6.97. The van der Waals surface area contributed by atoms with Gasteiger partial charge in [-0.15, -0.1) is 11.8 Å². The molecule has 2 aromatic rings.